The van der Waals surface area contributed by atoms with Gasteiger partial charge in [-0.2, -0.15) is 18.4 Å². The topological polar surface area (TPSA) is 47.3 Å². The van der Waals surface area contributed by atoms with Crippen LogP contribution in [0.5, 0.6) is 0 Å². The van der Waals surface area contributed by atoms with Crippen LogP contribution in [0.25, 0.3) is 0 Å². The average Bonchev–Trinajstić information content (AvgIpc) is 2.26. The minimum atomic E-state index is -4.60. The second kappa shape index (κ2) is 4.83. The first-order chi connectivity index (χ1) is 7.70. The van der Waals surface area contributed by atoms with E-state index < -0.39 is 17.7 Å². The number of halogens is 3. The van der Waals surface area contributed by atoms with Gasteiger partial charge in [-0.3, -0.25) is 4.90 Å². The summed E-state index contributed by atoms with van der Waals surface area (Å²) in [7, 11) is 0. The Labute approximate surface area is 98.8 Å². The fraction of sp³-hybridized carbons (Fsp3) is 0.909. The molecule has 0 unspecified atom stereocenters. The van der Waals surface area contributed by atoms with Gasteiger partial charge in [0, 0.05) is 0 Å². The van der Waals surface area contributed by atoms with Crippen molar-refractivity contribution in [2.45, 2.75) is 44.5 Å². The summed E-state index contributed by atoms with van der Waals surface area (Å²) in [5.41, 5.74) is -2.63. The van der Waals surface area contributed by atoms with Crippen LogP contribution < -0.4 is 0 Å². The molecule has 6 heteroatoms. The van der Waals surface area contributed by atoms with Crippen LogP contribution in [0.1, 0.15) is 26.7 Å². The molecule has 0 spiro atoms. The zero-order chi connectivity index (χ0) is 13.3. The van der Waals surface area contributed by atoms with E-state index in [1.807, 2.05) is 4.90 Å². The second-order valence-electron chi connectivity index (χ2n) is 4.76. The van der Waals surface area contributed by atoms with Gasteiger partial charge in [-0.25, -0.2) is 0 Å². The normalized spacial score (nSPS) is 25.0. The Morgan fingerprint density at radius 2 is 1.82 bits per heavy atom. The van der Waals surface area contributed by atoms with Crippen molar-refractivity contribution in [3.63, 3.8) is 0 Å². The third-order valence-electron chi connectivity index (χ3n) is 3.63. The van der Waals surface area contributed by atoms with Gasteiger partial charge in [-0.15, -0.1) is 0 Å². The standard InChI is InChI=1S/C11H17F3N2O/c1-8(7-15)16-5-3-9(4-6-16)10(2,17)11(12,13)14/h8-9,17H,3-6H2,1-2H3/t8-,10-/m0/s1. The first kappa shape index (κ1) is 14.3. The quantitative estimate of drug-likeness (QED) is 0.814. The number of alkyl halides is 3. The summed E-state index contributed by atoms with van der Waals surface area (Å²) in [4.78, 5) is 1.84. The number of hydrogen-bond acceptors (Lipinski definition) is 3. The van der Waals surface area contributed by atoms with Crippen LogP contribution in [-0.2, 0) is 0 Å². The van der Waals surface area contributed by atoms with E-state index in [2.05, 4.69) is 6.07 Å². The van der Waals surface area contributed by atoms with E-state index in [0.29, 0.717) is 13.1 Å². The van der Waals surface area contributed by atoms with E-state index in [-0.39, 0.29) is 18.9 Å². The molecule has 1 N–H and O–H groups in total. The largest absolute Gasteiger partial charge is 0.417 e. The van der Waals surface area contributed by atoms with Crippen molar-refractivity contribution in [2.24, 2.45) is 5.92 Å². The predicted molar refractivity (Wildman–Crippen MR) is 56.1 cm³/mol. The molecule has 1 aliphatic rings. The first-order valence-corrected chi connectivity index (χ1v) is 5.63. The van der Waals surface area contributed by atoms with Gasteiger partial charge in [-0.1, -0.05) is 0 Å². The van der Waals surface area contributed by atoms with E-state index in [1.165, 1.54) is 0 Å². The Morgan fingerprint density at radius 3 is 2.18 bits per heavy atom. The van der Waals surface area contributed by atoms with Crippen LogP contribution >= 0.6 is 0 Å². The maximum atomic E-state index is 12.6. The molecule has 1 heterocycles. The fourth-order valence-corrected chi connectivity index (χ4v) is 2.16. The van der Waals surface area contributed by atoms with Gasteiger partial charge in [0.05, 0.1) is 12.1 Å². The van der Waals surface area contributed by atoms with Gasteiger partial charge >= 0.3 is 6.18 Å². The lowest BCUT2D eigenvalue weighted by Gasteiger charge is -2.40. The molecule has 0 aromatic carbocycles. The smallest absolute Gasteiger partial charge is 0.380 e. The van der Waals surface area contributed by atoms with Crippen molar-refractivity contribution in [1.82, 2.24) is 4.90 Å². The van der Waals surface area contributed by atoms with Crippen LogP contribution in [-0.4, -0.2) is 40.9 Å². The molecule has 98 valence electrons. The molecule has 0 aliphatic carbocycles. The second-order valence-corrected chi connectivity index (χ2v) is 4.76. The highest BCUT2D eigenvalue weighted by molar-refractivity contribution is 4.95. The van der Waals surface area contributed by atoms with Crippen molar-refractivity contribution in [3.05, 3.63) is 0 Å². The van der Waals surface area contributed by atoms with E-state index in [0.717, 1.165) is 6.92 Å². The summed E-state index contributed by atoms with van der Waals surface area (Å²) >= 11 is 0. The molecular formula is C11H17F3N2O. The lowest BCUT2D eigenvalue weighted by Crippen LogP contribution is -2.53. The molecule has 0 aromatic heterocycles. The molecule has 0 aromatic rings. The molecule has 1 aliphatic heterocycles. The van der Waals surface area contributed by atoms with Crippen LogP contribution in [0.15, 0.2) is 0 Å². The summed E-state index contributed by atoms with van der Waals surface area (Å²) in [6.45, 7) is 3.40. The highest BCUT2D eigenvalue weighted by Gasteiger charge is 2.55. The fourth-order valence-electron chi connectivity index (χ4n) is 2.16. The molecule has 1 fully saturated rings. The van der Waals surface area contributed by atoms with E-state index in [4.69, 9.17) is 5.26 Å². The van der Waals surface area contributed by atoms with Gasteiger partial charge in [0.2, 0.25) is 0 Å². The third kappa shape index (κ3) is 2.90. The molecule has 0 radical (unpaired) electrons. The predicted octanol–water partition coefficient (Wildman–Crippen LogP) is 1.92. The molecule has 0 saturated carbocycles. The Hall–Kier alpha value is -0.800. The Morgan fingerprint density at radius 1 is 1.35 bits per heavy atom. The number of likely N-dealkylation sites (tertiary alicyclic amines) is 1. The van der Waals surface area contributed by atoms with Crippen molar-refractivity contribution in [2.75, 3.05) is 13.1 Å². The van der Waals surface area contributed by atoms with Crippen molar-refractivity contribution < 1.29 is 18.3 Å². The van der Waals surface area contributed by atoms with Gasteiger partial charge < -0.3 is 5.11 Å². The van der Waals surface area contributed by atoms with E-state index in [1.54, 1.807) is 6.92 Å². The lowest BCUT2D eigenvalue weighted by atomic mass is 9.81. The average molecular weight is 250 g/mol. The summed E-state index contributed by atoms with van der Waals surface area (Å²) in [6.07, 6.45) is -4.07. The first-order valence-electron chi connectivity index (χ1n) is 5.63. The SMILES string of the molecule is C[C@@H](C#N)N1CCC([C@](C)(O)C(F)(F)F)CC1. The number of nitrogens with zero attached hydrogens (tertiary/aromatic N) is 2. The summed E-state index contributed by atoms with van der Waals surface area (Å²) in [5.74, 6) is -0.787. The Bertz CT molecular complexity index is 301. The maximum absolute atomic E-state index is 12.6. The molecule has 1 rings (SSSR count). The molecule has 0 bridgehead atoms. The number of piperidine rings is 1. The minimum absolute atomic E-state index is 0.262. The Balaban J connectivity index is 2.62. The van der Waals surface area contributed by atoms with Crippen molar-refractivity contribution >= 4 is 0 Å². The number of hydrogen-bond donors (Lipinski definition) is 1. The monoisotopic (exact) mass is 250 g/mol. The van der Waals surface area contributed by atoms with Crippen LogP contribution in [0, 0.1) is 17.2 Å². The molecular weight excluding hydrogens is 233 g/mol. The highest BCUT2D eigenvalue weighted by Crippen LogP contribution is 2.40. The summed E-state index contributed by atoms with van der Waals surface area (Å²) in [5, 5.41) is 18.3. The highest BCUT2D eigenvalue weighted by atomic mass is 19.4. The molecule has 2 atom stereocenters. The van der Waals surface area contributed by atoms with Gasteiger partial charge in [0.15, 0.2) is 5.60 Å². The van der Waals surface area contributed by atoms with Gasteiger partial charge in [-0.05, 0) is 45.7 Å². The number of rotatable bonds is 2. The van der Waals surface area contributed by atoms with Crippen LogP contribution in [0.2, 0.25) is 0 Å². The van der Waals surface area contributed by atoms with Crippen LogP contribution in [0.3, 0.4) is 0 Å². The molecule has 17 heavy (non-hydrogen) atoms. The van der Waals surface area contributed by atoms with Crippen LogP contribution in [0.4, 0.5) is 13.2 Å². The zero-order valence-electron chi connectivity index (χ0n) is 9.96. The van der Waals surface area contributed by atoms with Gasteiger partial charge in [0.25, 0.3) is 0 Å². The molecule has 1 saturated heterocycles. The lowest BCUT2D eigenvalue weighted by molar-refractivity contribution is -0.275. The summed E-state index contributed by atoms with van der Waals surface area (Å²) < 4.78 is 37.9. The third-order valence-corrected chi connectivity index (χ3v) is 3.63. The summed E-state index contributed by atoms with van der Waals surface area (Å²) in [6, 6.07) is 1.77. The minimum Gasteiger partial charge on any atom is -0.380 e. The van der Waals surface area contributed by atoms with Crippen molar-refractivity contribution in [3.8, 4) is 6.07 Å². The van der Waals surface area contributed by atoms with E-state index >= 15 is 0 Å². The molecule has 0 amide bonds. The molecule has 3 nitrogen and oxygen atoms in total. The Kier molecular flexibility index (Phi) is 4.05. The maximum Gasteiger partial charge on any atom is 0.417 e. The van der Waals surface area contributed by atoms with Gasteiger partial charge in [0.1, 0.15) is 0 Å². The van der Waals surface area contributed by atoms with E-state index in [9.17, 15) is 18.3 Å². The number of nitriles is 1. The number of aliphatic hydroxyl groups is 1. The zero-order valence-corrected chi connectivity index (χ0v) is 9.96. The van der Waals surface area contributed by atoms with Crippen molar-refractivity contribution in [1.29, 1.82) is 5.26 Å².